The van der Waals surface area contributed by atoms with Crippen LogP contribution in [-0.4, -0.2) is 16.3 Å². The van der Waals surface area contributed by atoms with Gasteiger partial charge in [0.1, 0.15) is 5.75 Å². The predicted molar refractivity (Wildman–Crippen MR) is 133 cm³/mol. The summed E-state index contributed by atoms with van der Waals surface area (Å²) in [6, 6.07) is 19.4. The van der Waals surface area contributed by atoms with Crippen molar-refractivity contribution in [1.82, 2.24) is 5.32 Å². The first-order chi connectivity index (χ1) is 16.1. The molecule has 6 rings (SSSR count). The number of aliphatic hydroxyl groups excluding tert-OH is 1. The highest BCUT2D eigenvalue weighted by Crippen LogP contribution is 2.61. The normalized spacial score (nSPS) is 30.6. The molecular formula is C30H35NO2. The Morgan fingerprint density at radius 3 is 2.76 bits per heavy atom. The number of benzene rings is 3. The molecule has 3 aromatic carbocycles. The number of nitrogens with one attached hydrogen (secondary N) is 1. The molecule has 0 saturated heterocycles. The zero-order valence-corrected chi connectivity index (χ0v) is 19.6. The Morgan fingerprint density at radius 2 is 1.88 bits per heavy atom. The molecule has 33 heavy (non-hydrogen) atoms. The zero-order chi connectivity index (χ0) is 22.6. The van der Waals surface area contributed by atoms with Crippen LogP contribution in [0, 0.1) is 17.3 Å². The van der Waals surface area contributed by atoms with Gasteiger partial charge in [0.25, 0.3) is 0 Å². The van der Waals surface area contributed by atoms with Crippen molar-refractivity contribution < 1.29 is 10.2 Å². The average molecular weight is 442 g/mol. The fraction of sp³-hybridized carbons (Fsp3) is 0.467. The molecule has 3 aliphatic carbocycles. The summed E-state index contributed by atoms with van der Waals surface area (Å²) in [5.74, 6) is 2.62. The first kappa shape index (κ1) is 21.2. The fourth-order valence-electron chi connectivity index (χ4n) is 7.80. The molecule has 2 saturated carbocycles. The van der Waals surface area contributed by atoms with Gasteiger partial charge in [-0.05, 0) is 95.2 Å². The lowest BCUT2D eigenvalue weighted by atomic mass is 9.55. The number of aryl methyl sites for hydroxylation is 1. The smallest absolute Gasteiger partial charge is 0.120 e. The topological polar surface area (TPSA) is 52.5 Å². The molecule has 3 N–H and O–H groups in total. The Balaban J connectivity index is 1.22. The Bertz CT molecular complexity index is 1190. The van der Waals surface area contributed by atoms with E-state index in [0.29, 0.717) is 23.1 Å². The summed E-state index contributed by atoms with van der Waals surface area (Å²) in [6.45, 7) is 3.40. The number of hydrogen-bond acceptors (Lipinski definition) is 3. The van der Waals surface area contributed by atoms with E-state index in [0.717, 1.165) is 41.3 Å². The molecule has 0 spiro atoms. The minimum atomic E-state index is 0.141. The van der Waals surface area contributed by atoms with Gasteiger partial charge in [-0.3, -0.25) is 0 Å². The van der Waals surface area contributed by atoms with Crippen LogP contribution in [0.2, 0.25) is 0 Å². The standard InChI is InChI=1S/C30H35NO2/c1-30-15-14-24-23-9-6-19(18-32)16-21(23)7-10-25(24)27(30)11-13-29(30)31-17-26-22-5-3-2-4-20(22)8-12-28(26)33/h2-6,8-9,12,16,24-25,27,29,31-33H,7,10-11,13-15,17-18H2,1H3/t24?,25?,27?,29-,30-/m0/s1. The number of phenolic OH excluding ortho intramolecular Hbond substituents is 1. The van der Waals surface area contributed by atoms with Crippen LogP contribution in [0.15, 0.2) is 54.6 Å². The molecule has 0 amide bonds. The number of hydrogen-bond donors (Lipinski definition) is 3. The summed E-state index contributed by atoms with van der Waals surface area (Å²) in [5.41, 5.74) is 5.44. The summed E-state index contributed by atoms with van der Waals surface area (Å²) in [4.78, 5) is 0. The first-order valence-electron chi connectivity index (χ1n) is 12.7. The highest BCUT2D eigenvalue weighted by molar-refractivity contribution is 5.87. The van der Waals surface area contributed by atoms with Crippen molar-refractivity contribution in [2.24, 2.45) is 17.3 Å². The monoisotopic (exact) mass is 441 g/mol. The fourth-order valence-corrected chi connectivity index (χ4v) is 7.80. The summed E-state index contributed by atoms with van der Waals surface area (Å²) in [5, 5.41) is 26.4. The lowest BCUT2D eigenvalue weighted by Gasteiger charge is -2.51. The number of fused-ring (bicyclic) bond motifs is 6. The second-order valence-electron chi connectivity index (χ2n) is 10.9. The highest BCUT2D eigenvalue weighted by Gasteiger charge is 2.54. The molecule has 172 valence electrons. The maximum absolute atomic E-state index is 10.6. The van der Waals surface area contributed by atoms with Gasteiger partial charge in [-0.25, -0.2) is 0 Å². The zero-order valence-electron chi connectivity index (χ0n) is 19.6. The highest BCUT2D eigenvalue weighted by atomic mass is 16.3. The number of aromatic hydroxyl groups is 1. The summed E-state index contributed by atoms with van der Waals surface area (Å²) >= 11 is 0. The second-order valence-corrected chi connectivity index (χ2v) is 10.9. The second kappa shape index (κ2) is 8.14. The Labute approximate surface area is 196 Å². The van der Waals surface area contributed by atoms with Crippen LogP contribution < -0.4 is 5.32 Å². The van der Waals surface area contributed by atoms with E-state index in [-0.39, 0.29) is 6.61 Å². The van der Waals surface area contributed by atoms with E-state index in [2.05, 4.69) is 54.7 Å². The van der Waals surface area contributed by atoms with Gasteiger partial charge in [0.2, 0.25) is 0 Å². The van der Waals surface area contributed by atoms with E-state index in [1.165, 1.54) is 43.1 Å². The summed E-state index contributed by atoms with van der Waals surface area (Å²) < 4.78 is 0. The van der Waals surface area contributed by atoms with E-state index in [1.807, 2.05) is 12.1 Å². The number of rotatable bonds is 4. The molecule has 3 nitrogen and oxygen atoms in total. The van der Waals surface area contributed by atoms with E-state index < -0.39 is 0 Å². The molecule has 3 aromatic rings. The Kier molecular flexibility index (Phi) is 5.23. The molecule has 5 atom stereocenters. The summed E-state index contributed by atoms with van der Waals surface area (Å²) in [6.07, 6.45) is 7.50. The van der Waals surface area contributed by atoms with Crippen LogP contribution in [-0.2, 0) is 19.6 Å². The minimum absolute atomic E-state index is 0.141. The van der Waals surface area contributed by atoms with Crippen LogP contribution in [0.4, 0.5) is 0 Å². The third-order valence-electron chi connectivity index (χ3n) is 9.51. The van der Waals surface area contributed by atoms with Gasteiger partial charge in [-0.1, -0.05) is 55.5 Å². The lowest BCUT2D eigenvalue weighted by molar-refractivity contribution is 0.0408. The lowest BCUT2D eigenvalue weighted by Crippen LogP contribution is -2.48. The third-order valence-corrected chi connectivity index (χ3v) is 9.51. The molecule has 3 aliphatic rings. The van der Waals surface area contributed by atoms with Crippen molar-refractivity contribution >= 4 is 10.8 Å². The quantitative estimate of drug-likeness (QED) is 0.462. The first-order valence-corrected chi connectivity index (χ1v) is 12.7. The minimum Gasteiger partial charge on any atom is -0.508 e. The van der Waals surface area contributed by atoms with Crippen LogP contribution in [0.1, 0.15) is 67.2 Å². The van der Waals surface area contributed by atoms with Gasteiger partial charge in [0, 0.05) is 18.2 Å². The van der Waals surface area contributed by atoms with Crippen molar-refractivity contribution in [3.8, 4) is 5.75 Å². The molecule has 0 heterocycles. The number of aliphatic hydroxyl groups is 1. The Morgan fingerprint density at radius 1 is 1.00 bits per heavy atom. The average Bonchev–Trinajstić information content (AvgIpc) is 3.19. The van der Waals surface area contributed by atoms with Crippen LogP contribution in [0.3, 0.4) is 0 Å². The van der Waals surface area contributed by atoms with E-state index in [1.54, 1.807) is 5.56 Å². The van der Waals surface area contributed by atoms with Gasteiger partial charge in [-0.2, -0.15) is 0 Å². The van der Waals surface area contributed by atoms with Gasteiger partial charge >= 0.3 is 0 Å². The van der Waals surface area contributed by atoms with E-state index in [4.69, 9.17) is 0 Å². The largest absolute Gasteiger partial charge is 0.508 e. The molecule has 3 heteroatoms. The molecule has 2 fully saturated rings. The van der Waals surface area contributed by atoms with Gasteiger partial charge < -0.3 is 15.5 Å². The molecule has 0 bridgehead atoms. The number of phenols is 1. The van der Waals surface area contributed by atoms with Crippen molar-refractivity contribution in [2.75, 3.05) is 0 Å². The van der Waals surface area contributed by atoms with Crippen LogP contribution in [0.5, 0.6) is 5.75 Å². The van der Waals surface area contributed by atoms with Crippen molar-refractivity contribution in [3.05, 3.63) is 76.9 Å². The molecular weight excluding hydrogens is 406 g/mol. The predicted octanol–water partition coefficient (Wildman–Crippen LogP) is 6.05. The van der Waals surface area contributed by atoms with E-state index >= 15 is 0 Å². The molecule has 0 aromatic heterocycles. The van der Waals surface area contributed by atoms with Gasteiger partial charge in [-0.15, -0.1) is 0 Å². The summed E-state index contributed by atoms with van der Waals surface area (Å²) in [7, 11) is 0. The van der Waals surface area contributed by atoms with Crippen molar-refractivity contribution in [3.63, 3.8) is 0 Å². The van der Waals surface area contributed by atoms with Crippen LogP contribution in [0.25, 0.3) is 10.8 Å². The van der Waals surface area contributed by atoms with Crippen molar-refractivity contribution in [1.29, 1.82) is 0 Å². The van der Waals surface area contributed by atoms with E-state index in [9.17, 15) is 10.2 Å². The molecule has 0 radical (unpaired) electrons. The third kappa shape index (κ3) is 3.40. The maximum Gasteiger partial charge on any atom is 0.120 e. The maximum atomic E-state index is 10.6. The van der Waals surface area contributed by atoms with Gasteiger partial charge in [0.05, 0.1) is 6.61 Å². The molecule has 3 unspecified atom stereocenters. The molecule has 0 aliphatic heterocycles. The van der Waals surface area contributed by atoms with Crippen LogP contribution >= 0.6 is 0 Å². The van der Waals surface area contributed by atoms with Crippen molar-refractivity contribution in [2.45, 2.75) is 70.6 Å². The Hall–Kier alpha value is -2.36. The SMILES string of the molecule is C[C@]12CCC3c4ccc(CO)cc4CCC3C1CC[C@@H]2NCc1c(O)ccc2ccccc12. The van der Waals surface area contributed by atoms with Gasteiger partial charge in [0.15, 0.2) is 0 Å².